The van der Waals surface area contributed by atoms with Crippen LogP contribution in [0.2, 0.25) is 0 Å². The summed E-state index contributed by atoms with van der Waals surface area (Å²) in [4.78, 5) is 17.5. The molecule has 4 rings (SSSR count). The fourth-order valence-corrected chi connectivity index (χ4v) is 4.76. The number of hydrogen-bond donors (Lipinski definition) is 1. The molecule has 0 aliphatic rings. The second kappa shape index (κ2) is 11.6. The first-order valence-corrected chi connectivity index (χ1v) is 12.6. The molecule has 0 atom stereocenters. The van der Waals surface area contributed by atoms with Crippen LogP contribution in [0.1, 0.15) is 23.1 Å². The van der Waals surface area contributed by atoms with Crippen molar-refractivity contribution >= 4 is 23.4 Å². The Kier molecular flexibility index (Phi) is 8.04. The van der Waals surface area contributed by atoms with E-state index in [9.17, 15) is 10.1 Å². The highest BCUT2D eigenvalue weighted by molar-refractivity contribution is 7.99. The number of carbonyl (C=O) groups excluding carboxylic acids is 1. The summed E-state index contributed by atoms with van der Waals surface area (Å²) in [6.07, 6.45) is 0.304. The molecule has 3 aromatic carbocycles. The van der Waals surface area contributed by atoms with E-state index in [-0.39, 0.29) is 5.91 Å². The van der Waals surface area contributed by atoms with Crippen LogP contribution in [0.5, 0.6) is 5.75 Å². The highest BCUT2D eigenvalue weighted by Gasteiger charge is 2.17. The van der Waals surface area contributed by atoms with Crippen LogP contribution in [-0.2, 0) is 4.79 Å². The normalized spacial score (nSPS) is 10.5. The van der Waals surface area contributed by atoms with Gasteiger partial charge in [0.05, 0.1) is 18.4 Å². The van der Waals surface area contributed by atoms with Crippen LogP contribution in [0.3, 0.4) is 0 Å². The number of benzene rings is 3. The van der Waals surface area contributed by atoms with E-state index in [4.69, 9.17) is 9.72 Å². The average Bonchev–Trinajstić information content (AvgIpc) is 2.91. The third-order valence-corrected chi connectivity index (χ3v) is 6.78. The number of nitrogens with one attached hydrogen (secondary N) is 1. The molecule has 1 N–H and O–H groups in total. The zero-order chi connectivity index (χ0) is 25.5. The van der Waals surface area contributed by atoms with Gasteiger partial charge in [-0.15, -0.1) is 11.8 Å². The van der Waals surface area contributed by atoms with E-state index in [0.29, 0.717) is 22.8 Å². The number of aromatic nitrogens is 1. The predicted octanol–water partition coefficient (Wildman–Crippen LogP) is 7.03. The number of methoxy groups -OCH3 is 1. The van der Waals surface area contributed by atoms with E-state index in [2.05, 4.69) is 11.4 Å². The van der Waals surface area contributed by atoms with Gasteiger partial charge in [0.15, 0.2) is 0 Å². The molecule has 0 aliphatic carbocycles. The van der Waals surface area contributed by atoms with E-state index in [1.807, 2.05) is 92.7 Å². The quantitative estimate of drug-likeness (QED) is 0.267. The molecule has 1 amide bonds. The smallest absolute Gasteiger partial charge is 0.225 e. The monoisotopic (exact) mass is 493 g/mol. The molecule has 4 aromatic rings. The van der Waals surface area contributed by atoms with Crippen molar-refractivity contribution in [2.45, 2.75) is 25.3 Å². The molecule has 0 spiro atoms. The zero-order valence-corrected chi connectivity index (χ0v) is 21.4. The summed E-state index contributed by atoms with van der Waals surface area (Å²) < 4.78 is 5.29. The molecule has 0 saturated heterocycles. The number of ether oxygens (including phenoxy) is 1. The highest BCUT2D eigenvalue weighted by Crippen LogP contribution is 2.35. The van der Waals surface area contributed by atoms with Crippen molar-refractivity contribution in [3.63, 3.8) is 0 Å². The van der Waals surface area contributed by atoms with Crippen molar-refractivity contribution in [2.75, 3.05) is 18.2 Å². The van der Waals surface area contributed by atoms with Crippen LogP contribution in [-0.4, -0.2) is 23.8 Å². The topological polar surface area (TPSA) is 75.0 Å². The molecular formula is C30H27N3O2S. The molecular weight excluding hydrogens is 466 g/mol. The molecule has 5 nitrogen and oxygen atoms in total. The van der Waals surface area contributed by atoms with Crippen molar-refractivity contribution in [1.82, 2.24) is 4.98 Å². The Morgan fingerprint density at radius 3 is 2.44 bits per heavy atom. The Morgan fingerprint density at radius 2 is 1.75 bits per heavy atom. The molecule has 0 radical (unpaired) electrons. The van der Waals surface area contributed by atoms with Crippen LogP contribution >= 0.6 is 11.8 Å². The highest BCUT2D eigenvalue weighted by atomic mass is 32.2. The van der Waals surface area contributed by atoms with Gasteiger partial charge in [0.1, 0.15) is 16.8 Å². The molecule has 36 heavy (non-hydrogen) atoms. The molecule has 1 heterocycles. The molecule has 0 saturated carbocycles. The number of thioether (sulfide) groups is 1. The summed E-state index contributed by atoms with van der Waals surface area (Å²) in [5, 5.41) is 13.7. The van der Waals surface area contributed by atoms with Crippen LogP contribution in [0.15, 0.2) is 83.9 Å². The van der Waals surface area contributed by atoms with Crippen molar-refractivity contribution in [3.05, 3.63) is 95.6 Å². The fourth-order valence-electron chi connectivity index (χ4n) is 3.81. The average molecular weight is 494 g/mol. The lowest BCUT2D eigenvalue weighted by atomic mass is 9.99. The van der Waals surface area contributed by atoms with E-state index >= 15 is 0 Å². The number of anilines is 1. The molecule has 1 aromatic heterocycles. The van der Waals surface area contributed by atoms with Crippen molar-refractivity contribution in [3.8, 4) is 34.2 Å². The van der Waals surface area contributed by atoms with Crippen LogP contribution in [0.25, 0.3) is 22.4 Å². The summed E-state index contributed by atoms with van der Waals surface area (Å²) >= 11 is 1.42. The Bertz CT molecular complexity index is 1410. The Labute approximate surface area is 216 Å². The van der Waals surface area contributed by atoms with Crippen molar-refractivity contribution in [1.29, 1.82) is 5.26 Å². The molecule has 6 heteroatoms. The van der Waals surface area contributed by atoms with E-state index in [1.165, 1.54) is 11.8 Å². The molecule has 0 aliphatic heterocycles. The SMILES string of the molecule is COc1ccc(-c2cc(-c3ccccc3)nc(SCCC(=O)Nc3cc(C)ccc3C)c2C#N)cc1. The van der Waals surface area contributed by atoms with Gasteiger partial charge < -0.3 is 10.1 Å². The second-order valence-corrected chi connectivity index (χ2v) is 9.49. The number of carbonyl (C=O) groups is 1. The molecule has 0 unspecified atom stereocenters. The number of amides is 1. The number of nitrogens with zero attached hydrogens (tertiary/aromatic N) is 2. The molecule has 0 fully saturated rings. The predicted molar refractivity (Wildman–Crippen MR) is 146 cm³/mol. The fraction of sp³-hybridized carbons (Fsp3) is 0.167. The zero-order valence-electron chi connectivity index (χ0n) is 20.5. The van der Waals surface area contributed by atoms with E-state index < -0.39 is 0 Å². The first kappa shape index (κ1) is 25.0. The van der Waals surface area contributed by atoms with Gasteiger partial charge in [-0.05, 0) is 54.8 Å². The summed E-state index contributed by atoms with van der Waals surface area (Å²) in [5.74, 6) is 1.18. The first-order chi connectivity index (χ1) is 17.5. The lowest BCUT2D eigenvalue weighted by Gasteiger charge is -2.13. The van der Waals surface area contributed by atoms with Crippen molar-refractivity contribution in [2.24, 2.45) is 0 Å². The van der Waals surface area contributed by atoms with Gasteiger partial charge in [0.2, 0.25) is 5.91 Å². The maximum Gasteiger partial charge on any atom is 0.225 e. The number of pyridine rings is 1. The van der Waals surface area contributed by atoms with Gasteiger partial charge in [0, 0.05) is 29.0 Å². The maximum atomic E-state index is 12.6. The third-order valence-electron chi connectivity index (χ3n) is 5.80. The van der Waals surface area contributed by atoms with Gasteiger partial charge >= 0.3 is 0 Å². The lowest BCUT2D eigenvalue weighted by Crippen LogP contribution is -2.13. The van der Waals surface area contributed by atoms with Crippen LogP contribution < -0.4 is 10.1 Å². The third kappa shape index (κ3) is 5.94. The minimum absolute atomic E-state index is 0.0655. The maximum absolute atomic E-state index is 12.6. The number of aryl methyl sites for hydroxylation is 2. The van der Waals surface area contributed by atoms with Gasteiger partial charge in [0.25, 0.3) is 0 Å². The van der Waals surface area contributed by atoms with Gasteiger partial charge in [-0.25, -0.2) is 4.98 Å². The Hall–Kier alpha value is -4.08. The van der Waals surface area contributed by atoms with Crippen LogP contribution in [0, 0.1) is 25.2 Å². The number of hydrogen-bond acceptors (Lipinski definition) is 5. The van der Waals surface area contributed by atoms with E-state index in [0.717, 1.165) is 44.9 Å². The largest absolute Gasteiger partial charge is 0.497 e. The number of nitriles is 1. The minimum Gasteiger partial charge on any atom is -0.497 e. The molecule has 180 valence electrons. The lowest BCUT2D eigenvalue weighted by molar-refractivity contribution is -0.115. The van der Waals surface area contributed by atoms with Gasteiger partial charge in [-0.1, -0.05) is 54.6 Å². The van der Waals surface area contributed by atoms with Gasteiger partial charge in [-0.2, -0.15) is 5.26 Å². The number of rotatable bonds is 8. The summed E-state index contributed by atoms with van der Waals surface area (Å²) in [5.41, 5.74) is 6.90. The Morgan fingerprint density at radius 1 is 1.00 bits per heavy atom. The Balaban J connectivity index is 1.60. The molecule has 0 bridgehead atoms. The standard InChI is InChI=1S/C30H27N3O2S/c1-20-9-10-21(2)27(17-20)32-29(34)15-16-36-30-26(19-31)25(22-11-13-24(35-3)14-12-22)18-28(33-30)23-7-5-4-6-8-23/h4-14,17-18H,15-16H2,1-3H3,(H,32,34). The van der Waals surface area contributed by atoms with Gasteiger partial charge in [-0.3, -0.25) is 4.79 Å². The summed E-state index contributed by atoms with van der Waals surface area (Å²) in [6, 6.07) is 27.8. The minimum atomic E-state index is -0.0655. The van der Waals surface area contributed by atoms with E-state index in [1.54, 1.807) is 7.11 Å². The summed E-state index contributed by atoms with van der Waals surface area (Å²) in [6.45, 7) is 3.98. The van der Waals surface area contributed by atoms with Crippen molar-refractivity contribution < 1.29 is 9.53 Å². The first-order valence-electron chi connectivity index (χ1n) is 11.6. The second-order valence-electron chi connectivity index (χ2n) is 8.41. The summed E-state index contributed by atoms with van der Waals surface area (Å²) in [7, 11) is 1.63. The van der Waals surface area contributed by atoms with Crippen LogP contribution in [0.4, 0.5) is 5.69 Å².